The highest BCUT2D eigenvalue weighted by molar-refractivity contribution is 7.14. The Labute approximate surface area is 179 Å². The first-order valence-electron chi connectivity index (χ1n) is 9.45. The van der Waals surface area contributed by atoms with Crippen LogP contribution >= 0.6 is 11.3 Å². The molecule has 1 amide bonds. The maximum atomic E-state index is 13.0. The molecule has 1 aliphatic rings. The van der Waals surface area contributed by atoms with Crippen molar-refractivity contribution in [2.45, 2.75) is 6.92 Å². The summed E-state index contributed by atoms with van der Waals surface area (Å²) >= 11 is 1.39. The summed E-state index contributed by atoms with van der Waals surface area (Å²) in [7, 11) is 5.63. The number of nitrogens with zero attached hydrogens (tertiary/aromatic N) is 4. The molecule has 152 valence electrons. The Morgan fingerprint density at radius 2 is 1.77 bits per heavy atom. The first-order chi connectivity index (χ1) is 14.5. The number of carbonyl (C=O) groups excluding carboxylic acids is 1. The van der Waals surface area contributed by atoms with Gasteiger partial charge in [-0.15, -0.1) is 11.3 Å². The van der Waals surface area contributed by atoms with Crippen LogP contribution in [0.25, 0.3) is 17.3 Å². The van der Waals surface area contributed by atoms with Gasteiger partial charge < -0.3 is 9.64 Å². The number of hydrazone groups is 1. The number of rotatable bonds is 5. The van der Waals surface area contributed by atoms with E-state index in [2.05, 4.69) is 10.1 Å². The van der Waals surface area contributed by atoms with Crippen molar-refractivity contribution >= 4 is 39.9 Å². The highest BCUT2D eigenvalue weighted by Gasteiger charge is 2.30. The molecule has 30 heavy (non-hydrogen) atoms. The first kappa shape index (κ1) is 19.8. The molecule has 3 aromatic rings. The van der Waals surface area contributed by atoms with Gasteiger partial charge in [0.15, 0.2) is 0 Å². The third kappa shape index (κ3) is 3.84. The number of aromatic nitrogens is 1. The van der Waals surface area contributed by atoms with Gasteiger partial charge in [-0.3, -0.25) is 4.79 Å². The molecule has 0 radical (unpaired) electrons. The van der Waals surface area contributed by atoms with Crippen molar-refractivity contribution in [2.75, 3.05) is 31.1 Å². The first-order valence-corrected chi connectivity index (χ1v) is 10.3. The van der Waals surface area contributed by atoms with E-state index in [0.717, 1.165) is 28.3 Å². The van der Waals surface area contributed by atoms with E-state index in [1.54, 1.807) is 7.11 Å². The van der Waals surface area contributed by atoms with Crippen LogP contribution in [-0.2, 0) is 4.79 Å². The lowest BCUT2D eigenvalue weighted by Gasteiger charge is -2.12. The zero-order valence-corrected chi connectivity index (χ0v) is 18.1. The van der Waals surface area contributed by atoms with Gasteiger partial charge in [-0.2, -0.15) is 10.1 Å². The second kappa shape index (κ2) is 8.12. The second-order valence-corrected chi connectivity index (χ2v) is 7.93. The fraction of sp³-hybridized carbons (Fsp3) is 0.174. The van der Waals surface area contributed by atoms with Gasteiger partial charge in [-0.25, -0.2) is 4.98 Å². The molecule has 7 heteroatoms. The molecule has 6 nitrogen and oxygen atoms in total. The lowest BCUT2D eigenvalue weighted by atomic mass is 10.1. The van der Waals surface area contributed by atoms with Crippen LogP contribution in [0.1, 0.15) is 12.5 Å². The number of carbonyl (C=O) groups is 1. The van der Waals surface area contributed by atoms with Gasteiger partial charge in [-0.05, 0) is 55.0 Å². The average Bonchev–Trinajstić information content (AvgIpc) is 3.35. The molecule has 1 aromatic heterocycles. The second-order valence-electron chi connectivity index (χ2n) is 7.09. The third-order valence-corrected chi connectivity index (χ3v) is 5.66. The van der Waals surface area contributed by atoms with Crippen LogP contribution in [0.2, 0.25) is 0 Å². The minimum absolute atomic E-state index is 0.167. The molecule has 0 bridgehead atoms. The van der Waals surface area contributed by atoms with Crippen molar-refractivity contribution in [1.29, 1.82) is 0 Å². The third-order valence-electron chi connectivity index (χ3n) is 4.84. The maximum Gasteiger partial charge on any atom is 0.282 e. The largest absolute Gasteiger partial charge is 0.497 e. The molecule has 0 unspecified atom stereocenters. The lowest BCUT2D eigenvalue weighted by Crippen LogP contribution is -2.21. The summed E-state index contributed by atoms with van der Waals surface area (Å²) < 4.78 is 5.20. The fourth-order valence-corrected chi connectivity index (χ4v) is 3.89. The molecular formula is C23H22N4O2S. The van der Waals surface area contributed by atoms with Crippen molar-refractivity contribution in [1.82, 2.24) is 4.98 Å². The van der Waals surface area contributed by atoms with E-state index in [4.69, 9.17) is 4.74 Å². The molecule has 0 aliphatic carbocycles. The van der Waals surface area contributed by atoms with E-state index in [1.165, 1.54) is 16.3 Å². The number of hydrogen-bond acceptors (Lipinski definition) is 6. The summed E-state index contributed by atoms with van der Waals surface area (Å²) in [4.78, 5) is 19.7. The summed E-state index contributed by atoms with van der Waals surface area (Å²) in [6.07, 6.45) is 1.87. The van der Waals surface area contributed by atoms with Gasteiger partial charge in [0.1, 0.15) is 5.75 Å². The molecule has 0 N–H and O–H groups in total. The van der Waals surface area contributed by atoms with Gasteiger partial charge >= 0.3 is 0 Å². The Kier molecular flexibility index (Phi) is 5.37. The summed E-state index contributed by atoms with van der Waals surface area (Å²) in [5.74, 6) is 0.623. The Morgan fingerprint density at radius 3 is 2.40 bits per heavy atom. The Hall–Kier alpha value is -3.45. The number of amides is 1. The summed E-state index contributed by atoms with van der Waals surface area (Å²) in [6.45, 7) is 1.84. The number of ether oxygens (including phenoxy) is 1. The van der Waals surface area contributed by atoms with Gasteiger partial charge in [0, 0.05) is 30.7 Å². The number of thiazole rings is 1. The van der Waals surface area contributed by atoms with Crippen molar-refractivity contribution in [3.63, 3.8) is 0 Å². The number of anilines is 2. The monoisotopic (exact) mass is 418 g/mol. The SMILES string of the molecule is COc1ccc(-c2csc(N3N=C(C)C(=Cc4ccc(N(C)C)cc4)C3=O)n2)cc1. The zero-order valence-electron chi connectivity index (χ0n) is 17.3. The van der Waals surface area contributed by atoms with Gasteiger partial charge in [0.2, 0.25) is 5.13 Å². The smallest absolute Gasteiger partial charge is 0.282 e. The maximum absolute atomic E-state index is 13.0. The predicted molar refractivity (Wildman–Crippen MR) is 123 cm³/mol. The van der Waals surface area contributed by atoms with E-state index in [-0.39, 0.29) is 5.91 Å². The highest BCUT2D eigenvalue weighted by Crippen LogP contribution is 2.32. The minimum atomic E-state index is -0.167. The Balaban J connectivity index is 1.57. The molecule has 0 spiro atoms. The van der Waals surface area contributed by atoms with Gasteiger partial charge in [0.25, 0.3) is 5.91 Å². The number of benzene rings is 2. The van der Waals surface area contributed by atoms with Gasteiger partial charge in [0.05, 0.1) is 24.1 Å². The molecule has 4 rings (SSSR count). The molecule has 2 aromatic carbocycles. The molecule has 0 saturated carbocycles. The molecule has 0 fully saturated rings. The van der Waals surface area contributed by atoms with E-state index in [9.17, 15) is 4.79 Å². The van der Waals surface area contributed by atoms with Crippen LogP contribution in [0.15, 0.2) is 64.6 Å². The highest BCUT2D eigenvalue weighted by atomic mass is 32.1. The van der Waals surface area contributed by atoms with Crippen molar-refractivity contribution in [2.24, 2.45) is 5.10 Å². The number of hydrogen-bond donors (Lipinski definition) is 0. The molecule has 2 heterocycles. The standard InChI is InChI=1S/C23H22N4O2S/c1-15-20(13-16-5-9-18(10-6-16)26(2)3)22(28)27(25-15)23-24-21(14-30-23)17-7-11-19(29-4)12-8-17/h5-14H,1-4H3. The zero-order chi connectivity index (χ0) is 21.3. The van der Waals surface area contributed by atoms with Crippen molar-refractivity contribution in [3.8, 4) is 17.0 Å². The Morgan fingerprint density at radius 1 is 1.07 bits per heavy atom. The van der Waals surface area contributed by atoms with Crippen LogP contribution in [-0.4, -0.2) is 37.8 Å². The minimum Gasteiger partial charge on any atom is -0.497 e. The van der Waals surface area contributed by atoms with E-state index >= 15 is 0 Å². The molecule has 1 aliphatic heterocycles. The van der Waals surface area contributed by atoms with E-state index in [1.807, 2.05) is 85.9 Å². The molecule has 0 atom stereocenters. The van der Waals surface area contributed by atoms with Crippen molar-refractivity contribution < 1.29 is 9.53 Å². The van der Waals surface area contributed by atoms with Gasteiger partial charge in [-0.1, -0.05) is 12.1 Å². The summed E-state index contributed by atoms with van der Waals surface area (Å²) in [6, 6.07) is 15.7. The summed E-state index contributed by atoms with van der Waals surface area (Å²) in [5, 5.41) is 8.31. The normalized spacial score (nSPS) is 14.9. The Bertz CT molecular complexity index is 1130. The molecular weight excluding hydrogens is 396 g/mol. The van der Waals surface area contributed by atoms with Crippen LogP contribution in [0.3, 0.4) is 0 Å². The average molecular weight is 419 g/mol. The quantitative estimate of drug-likeness (QED) is 0.564. The van der Waals surface area contributed by atoms with Crippen LogP contribution in [0.4, 0.5) is 10.8 Å². The van der Waals surface area contributed by atoms with E-state index < -0.39 is 0 Å². The summed E-state index contributed by atoms with van der Waals surface area (Å²) in [5.41, 5.74) is 5.08. The lowest BCUT2D eigenvalue weighted by molar-refractivity contribution is -0.114. The fourth-order valence-electron chi connectivity index (χ4n) is 3.11. The predicted octanol–water partition coefficient (Wildman–Crippen LogP) is 4.69. The van der Waals surface area contributed by atoms with Crippen LogP contribution in [0.5, 0.6) is 5.75 Å². The molecule has 0 saturated heterocycles. The van der Waals surface area contributed by atoms with Crippen LogP contribution in [0, 0.1) is 0 Å². The van der Waals surface area contributed by atoms with E-state index in [0.29, 0.717) is 16.4 Å². The topological polar surface area (TPSA) is 58.0 Å². The van der Waals surface area contributed by atoms with Crippen molar-refractivity contribution in [3.05, 3.63) is 65.0 Å². The van der Waals surface area contributed by atoms with Crippen LogP contribution < -0.4 is 14.6 Å². The number of methoxy groups -OCH3 is 1.